The summed E-state index contributed by atoms with van der Waals surface area (Å²) in [6, 6.07) is 2.23. The van der Waals surface area contributed by atoms with Gasteiger partial charge in [-0.3, -0.25) is 4.79 Å². The van der Waals surface area contributed by atoms with Crippen LogP contribution in [0.25, 0.3) is 5.82 Å². The largest absolute Gasteiger partial charge is 0.417 e. The van der Waals surface area contributed by atoms with Gasteiger partial charge in [-0.15, -0.1) is 0 Å². The highest BCUT2D eigenvalue weighted by molar-refractivity contribution is 5.95. The Morgan fingerprint density at radius 2 is 1.81 bits per heavy atom. The average Bonchev–Trinajstić information content (AvgIpc) is 3.22. The molecule has 1 aliphatic heterocycles. The van der Waals surface area contributed by atoms with Crippen LogP contribution < -0.4 is 5.32 Å². The van der Waals surface area contributed by atoms with Crippen molar-refractivity contribution < 1.29 is 18.0 Å². The zero-order chi connectivity index (χ0) is 23.3. The van der Waals surface area contributed by atoms with Crippen molar-refractivity contribution in [3.8, 4) is 5.82 Å². The van der Waals surface area contributed by atoms with Gasteiger partial charge in [-0.25, -0.2) is 9.67 Å². The van der Waals surface area contributed by atoms with Crippen molar-refractivity contribution >= 4 is 5.91 Å². The summed E-state index contributed by atoms with van der Waals surface area (Å²) in [5.41, 5.74) is 0.206. The van der Waals surface area contributed by atoms with E-state index < -0.39 is 11.7 Å². The number of carbonyl (C=O) groups is 1. The fourth-order valence-electron chi connectivity index (χ4n) is 3.88. The minimum Gasteiger partial charge on any atom is -0.352 e. The minimum atomic E-state index is -4.45. The summed E-state index contributed by atoms with van der Waals surface area (Å²) in [6.07, 6.45) is -1.37. The van der Waals surface area contributed by atoms with Crippen molar-refractivity contribution in [1.82, 2.24) is 29.9 Å². The molecule has 0 aliphatic carbocycles. The minimum absolute atomic E-state index is 0.0720. The second-order valence-corrected chi connectivity index (χ2v) is 8.30. The maximum Gasteiger partial charge on any atom is 0.417 e. The van der Waals surface area contributed by atoms with Crippen LogP contribution in [0.2, 0.25) is 0 Å². The molecule has 1 aliphatic rings. The highest BCUT2D eigenvalue weighted by Gasteiger charge is 2.31. The molecular weight excluding hydrogens is 421 g/mol. The number of pyridine rings is 1. The summed E-state index contributed by atoms with van der Waals surface area (Å²) < 4.78 is 39.9. The van der Waals surface area contributed by atoms with E-state index in [1.54, 1.807) is 0 Å². The Balaban J connectivity index is 1.60. The van der Waals surface area contributed by atoms with Gasteiger partial charge in [-0.1, -0.05) is 20.8 Å². The molecule has 2 aromatic rings. The molecule has 0 spiro atoms. The monoisotopic (exact) mass is 452 g/mol. The van der Waals surface area contributed by atoms with Gasteiger partial charge in [0.1, 0.15) is 0 Å². The summed E-state index contributed by atoms with van der Waals surface area (Å²) in [4.78, 5) is 21.5. The number of aromatic nitrogens is 3. The molecule has 176 valence electrons. The van der Waals surface area contributed by atoms with E-state index in [4.69, 9.17) is 0 Å². The molecule has 1 amide bonds. The van der Waals surface area contributed by atoms with Crippen molar-refractivity contribution in [2.75, 3.05) is 45.8 Å². The van der Waals surface area contributed by atoms with Gasteiger partial charge in [0.2, 0.25) is 0 Å². The first-order valence-electron chi connectivity index (χ1n) is 11.0. The number of halogens is 3. The van der Waals surface area contributed by atoms with E-state index in [0.717, 1.165) is 58.0 Å². The van der Waals surface area contributed by atoms with Gasteiger partial charge in [0.25, 0.3) is 5.91 Å². The van der Waals surface area contributed by atoms with Crippen LogP contribution in [0.3, 0.4) is 0 Å². The summed E-state index contributed by atoms with van der Waals surface area (Å²) in [5.74, 6) is -0.0631. The van der Waals surface area contributed by atoms with Gasteiger partial charge < -0.3 is 15.1 Å². The predicted molar refractivity (Wildman–Crippen MR) is 116 cm³/mol. The van der Waals surface area contributed by atoms with Gasteiger partial charge in [0.05, 0.1) is 23.0 Å². The van der Waals surface area contributed by atoms with Crippen molar-refractivity contribution in [2.24, 2.45) is 0 Å². The predicted octanol–water partition coefficient (Wildman–Crippen LogP) is 3.17. The summed E-state index contributed by atoms with van der Waals surface area (Å²) >= 11 is 0. The fourth-order valence-corrected chi connectivity index (χ4v) is 3.88. The van der Waals surface area contributed by atoms with Gasteiger partial charge in [-0.2, -0.15) is 18.3 Å². The lowest BCUT2D eigenvalue weighted by atomic mass is 10.1. The first-order chi connectivity index (χ1) is 15.2. The van der Waals surface area contributed by atoms with E-state index in [1.165, 1.54) is 16.9 Å². The maximum absolute atomic E-state index is 12.8. The first kappa shape index (κ1) is 24.2. The van der Waals surface area contributed by atoms with Crippen LogP contribution in [-0.2, 0) is 6.18 Å². The molecule has 7 nitrogen and oxygen atoms in total. The van der Waals surface area contributed by atoms with Crippen LogP contribution in [0.15, 0.2) is 24.5 Å². The number of alkyl halides is 3. The molecular formula is C22H31F3N6O. The Bertz CT molecular complexity index is 886. The lowest BCUT2D eigenvalue weighted by Gasteiger charge is -2.33. The van der Waals surface area contributed by atoms with E-state index in [0.29, 0.717) is 17.8 Å². The number of likely N-dealkylation sites (N-methyl/N-ethyl adjacent to an activating group) is 1. The van der Waals surface area contributed by atoms with Crippen LogP contribution in [0, 0.1) is 0 Å². The third-order valence-corrected chi connectivity index (χ3v) is 5.74. The lowest BCUT2D eigenvalue weighted by molar-refractivity contribution is -0.137. The number of piperazine rings is 1. The highest BCUT2D eigenvalue weighted by Crippen LogP contribution is 2.29. The zero-order valence-electron chi connectivity index (χ0n) is 18.8. The van der Waals surface area contributed by atoms with Crippen molar-refractivity contribution in [1.29, 1.82) is 0 Å². The first-order valence-corrected chi connectivity index (χ1v) is 11.0. The van der Waals surface area contributed by atoms with Crippen molar-refractivity contribution in [3.05, 3.63) is 41.3 Å². The van der Waals surface area contributed by atoms with Crippen LogP contribution in [0.1, 0.15) is 54.7 Å². The quantitative estimate of drug-likeness (QED) is 0.624. The fraction of sp³-hybridized carbons (Fsp3) is 0.591. The number of rotatable bonds is 8. The van der Waals surface area contributed by atoms with E-state index in [9.17, 15) is 18.0 Å². The molecule has 0 atom stereocenters. The van der Waals surface area contributed by atoms with E-state index in [2.05, 4.69) is 32.1 Å². The number of nitrogens with zero attached hydrogens (tertiary/aromatic N) is 5. The SMILES string of the molecule is CCN1CCN(CCCNC(=O)c2cnn(-c3ccc(C(F)(F)F)cn3)c2C(C)C)CC1. The smallest absolute Gasteiger partial charge is 0.352 e. The maximum atomic E-state index is 12.8. The van der Waals surface area contributed by atoms with Gasteiger partial charge in [0.15, 0.2) is 5.82 Å². The van der Waals surface area contributed by atoms with E-state index >= 15 is 0 Å². The Kier molecular flexibility index (Phi) is 7.89. The molecule has 1 fully saturated rings. The van der Waals surface area contributed by atoms with Crippen LogP contribution >= 0.6 is 0 Å². The Labute approximate surface area is 186 Å². The molecule has 3 rings (SSSR count). The van der Waals surface area contributed by atoms with Crippen molar-refractivity contribution in [2.45, 2.75) is 39.3 Å². The molecule has 0 bridgehead atoms. The number of hydrogen-bond donors (Lipinski definition) is 1. The van der Waals surface area contributed by atoms with E-state index in [1.807, 2.05) is 13.8 Å². The van der Waals surface area contributed by atoms with Crippen LogP contribution in [0.4, 0.5) is 13.2 Å². The zero-order valence-corrected chi connectivity index (χ0v) is 18.8. The molecule has 2 aromatic heterocycles. The number of amides is 1. The molecule has 32 heavy (non-hydrogen) atoms. The van der Waals surface area contributed by atoms with Crippen molar-refractivity contribution in [3.63, 3.8) is 0 Å². The third-order valence-electron chi connectivity index (χ3n) is 5.74. The topological polar surface area (TPSA) is 66.3 Å². The number of hydrogen-bond acceptors (Lipinski definition) is 5. The average molecular weight is 453 g/mol. The molecule has 0 unspecified atom stereocenters. The lowest BCUT2D eigenvalue weighted by Crippen LogP contribution is -2.46. The molecule has 0 radical (unpaired) electrons. The number of nitrogens with one attached hydrogen (secondary N) is 1. The second-order valence-electron chi connectivity index (χ2n) is 8.30. The molecule has 1 N–H and O–H groups in total. The molecule has 0 saturated carbocycles. The van der Waals surface area contributed by atoms with E-state index in [-0.39, 0.29) is 17.6 Å². The molecule has 1 saturated heterocycles. The Hall–Kier alpha value is -2.46. The third kappa shape index (κ3) is 5.86. The summed E-state index contributed by atoms with van der Waals surface area (Å²) in [5, 5.41) is 7.19. The second kappa shape index (κ2) is 10.4. The Morgan fingerprint density at radius 3 is 2.38 bits per heavy atom. The standard InChI is InChI=1S/C22H31F3N6O/c1-4-29-10-12-30(13-11-29)9-5-8-26-21(32)18-15-28-31(20(18)16(2)3)19-7-6-17(14-27-19)22(23,24)25/h6-7,14-16H,4-5,8-13H2,1-3H3,(H,26,32). The van der Waals surface area contributed by atoms with Crippen LogP contribution in [0.5, 0.6) is 0 Å². The highest BCUT2D eigenvalue weighted by atomic mass is 19.4. The van der Waals surface area contributed by atoms with Crippen LogP contribution in [-0.4, -0.2) is 76.3 Å². The van der Waals surface area contributed by atoms with Gasteiger partial charge in [0, 0.05) is 38.9 Å². The van der Waals surface area contributed by atoms with Gasteiger partial charge >= 0.3 is 6.18 Å². The molecule has 3 heterocycles. The molecule has 10 heteroatoms. The van der Waals surface area contributed by atoms with Gasteiger partial charge in [-0.05, 0) is 37.6 Å². The summed E-state index contributed by atoms with van der Waals surface area (Å²) in [6.45, 7) is 12.8. The normalized spacial score (nSPS) is 16.0. The Morgan fingerprint density at radius 1 is 1.12 bits per heavy atom. The number of carbonyl (C=O) groups excluding carboxylic acids is 1. The molecule has 0 aromatic carbocycles. The summed E-state index contributed by atoms with van der Waals surface area (Å²) in [7, 11) is 0.